The number of nitrogens with zero attached hydrogens (tertiary/aromatic N) is 2. The molecular formula is C19H23N3O7S2. The Kier molecular flexibility index (Phi) is 10.4. The number of aromatic amines is 1. The lowest BCUT2D eigenvalue weighted by Gasteiger charge is -2.01. The van der Waals surface area contributed by atoms with E-state index in [2.05, 4.69) is 14.5 Å². The molecule has 0 saturated heterocycles. The van der Waals surface area contributed by atoms with Crippen molar-refractivity contribution in [1.29, 1.82) is 0 Å². The van der Waals surface area contributed by atoms with Gasteiger partial charge < -0.3 is 24.5 Å². The predicted octanol–water partition coefficient (Wildman–Crippen LogP) is 3.60. The monoisotopic (exact) mass is 469 g/mol. The molecule has 0 fully saturated rings. The molecular weight excluding hydrogens is 446 g/mol. The highest BCUT2D eigenvalue weighted by Gasteiger charge is 2.21. The quantitative estimate of drug-likeness (QED) is 0.329. The number of rotatable bonds is 5. The zero-order valence-electron chi connectivity index (χ0n) is 17.6. The van der Waals surface area contributed by atoms with Gasteiger partial charge in [-0.25, -0.2) is 9.59 Å². The first kappa shape index (κ1) is 25.8. The number of aliphatic hydroxyl groups is 1. The van der Waals surface area contributed by atoms with Gasteiger partial charge in [0.1, 0.15) is 14.6 Å². The van der Waals surface area contributed by atoms with Crippen molar-refractivity contribution in [2.45, 2.75) is 0 Å². The molecule has 31 heavy (non-hydrogen) atoms. The van der Waals surface area contributed by atoms with Crippen LogP contribution in [0, 0.1) is 10.1 Å². The summed E-state index contributed by atoms with van der Waals surface area (Å²) >= 11 is 2.46. The average Bonchev–Trinajstić information content (AvgIpc) is 3.47. The van der Waals surface area contributed by atoms with Gasteiger partial charge >= 0.3 is 11.9 Å². The van der Waals surface area contributed by atoms with Gasteiger partial charge in [0.15, 0.2) is 0 Å². The van der Waals surface area contributed by atoms with Crippen LogP contribution in [0.25, 0.3) is 16.3 Å². The molecule has 0 unspecified atom stereocenters. The number of methoxy groups -OCH3 is 2. The molecule has 3 heterocycles. The Balaban J connectivity index is 0.000000300. The van der Waals surface area contributed by atoms with Crippen LogP contribution in [0.1, 0.15) is 24.2 Å². The Hall–Kier alpha value is -3.22. The lowest BCUT2D eigenvalue weighted by atomic mass is 10.3. The van der Waals surface area contributed by atoms with Crippen LogP contribution in [0.5, 0.6) is 0 Å². The van der Waals surface area contributed by atoms with Gasteiger partial charge in [-0.1, -0.05) is 0 Å². The molecule has 0 aliphatic carbocycles. The topological polar surface area (TPSA) is 135 Å². The number of fused-ring (bicyclic) bond motifs is 1. The summed E-state index contributed by atoms with van der Waals surface area (Å²) in [6.45, 7) is 0. The first-order valence-electron chi connectivity index (χ1n) is 8.58. The van der Waals surface area contributed by atoms with Gasteiger partial charge in [0.25, 0.3) is 5.69 Å². The zero-order valence-corrected chi connectivity index (χ0v) is 19.2. The predicted molar refractivity (Wildman–Crippen MR) is 121 cm³/mol. The lowest BCUT2D eigenvalue weighted by molar-refractivity contribution is -0.384. The molecule has 3 rings (SSSR count). The van der Waals surface area contributed by atoms with E-state index in [1.165, 1.54) is 31.6 Å². The van der Waals surface area contributed by atoms with E-state index >= 15 is 0 Å². The summed E-state index contributed by atoms with van der Waals surface area (Å²) in [5.74, 6) is -0.841. The minimum absolute atomic E-state index is 0.0894. The van der Waals surface area contributed by atoms with Gasteiger partial charge in [0.05, 0.1) is 29.4 Å². The number of thiophene rings is 2. The van der Waals surface area contributed by atoms with Crippen molar-refractivity contribution in [3.8, 4) is 0 Å². The van der Waals surface area contributed by atoms with E-state index in [4.69, 9.17) is 5.11 Å². The van der Waals surface area contributed by atoms with Crippen LogP contribution in [0.2, 0.25) is 0 Å². The van der Waals surface area contributed by atoms with E-state index in [-0.39, 0.29) is 16.5 Å². The van der Waals surface area contributed by atoms with Gasteiger partial charge in [-0.15, -0.1) is 22.7 Å². The van der Waals surface area contributed by atoms with Crippen molar-refractivity contribution in [2.24, 2.45) is 0 Å². The van der Waals surface area contributed by atoms with E-state index in [0.717, 1.165) is 28.7 Å². The fraction of sp³-hybridized carbons (Fsp3) is 0.263. The van der Waals surface area contributed by atoms with Gasteiger partial charge in [-0.2, -0.15) is 0 Å². The number of nitro groups is 1. The molecule has 10 nitrogen and oxygen atoms in total. The Morgan fingerprint density at radius 1 is 1.13 bits per heavy atom. The minimum Gasteiger partial charge on any atom is -0.465 e. The summed E-state index contributed by atoms with van der Waals surface area (Å²) in [5, 5.41) is 17.8. The number of carbonyl (C=O) groups excluding carboxylic acids is 2. The van der Waals surface area contributed by atoms with Crippen molar-refractivity contribution in [2.75, 3.05) is 35.4 Å². The summed E-state index contributed by atoms with van der Waals surface area (Å²) in [6, 6.07) is 4.96. The maximum atomic E-state index is 11.3. The molecule has 0 aliphatic heterocycles. The molecule has 3 aromatic heterocycles. The second-order valence-electron chi connectivity index (χ2n) is 5.75. The first-order chi connectivity index (χ1) is 14.8. The third kappa shape index (κ3) is 7.20. The van der Waals surface area contributed by atoms with Crippen LogP contribution in [-0.2, 0) is 9.47 Å². The van der Waals surface area contributed by atoms with Crippen molar-refractivity contribution >= 4 is 56.6 Å². The molecule has 0 aliphatic rings. The highest BCUT2D eigenvalue weighted by Crippen LogP contribution is 2.30. The molecule has 0 aromatic carbocycles. The normalized spacial score (nSPS) is 10.0. The van der Waals surface area contributed by atoms with E-state index in [0.29, 0.717) is 9.75 Å². The smallest absolute Gasteiger partial charge is 0.348 e. The van der Waals surface area contributed by atoms with Crippen molar-refractivity contribution in [1.82, 2.24) is 9.88 Å². The number of hydrogen-bond donors (Lipinski definition) is 2. The zero-order chi connectivity index (χ0) is 23.6. The van der Waals surface area contributed by atoms with Crippen LogP contribution < -0.4 is 0 Å². The van der Waals surface area contributed by atoms with E-state index in [1.807, 2.05) is 12.3 Å². The summed E-state index contributed by atoms with van der Waals surface area (Å²) in [4.78, 5) is 38.7. The highest BCUT2D eigenvalue weighted by atomic mass is 32.1. The molecule has 168 valence electrons. The average molecular weight is 470 g/mol. The van der Waals surface area contributed by atoms with Gasteiger partial charge in [0.2, 0.25) is 0 Å². The van der Waals surface area contributed by atoms with Crippen LogP contribution >= 0.6 is 22.7 Å². The summed E-state index contributed by atoms with van der Waals surface area (Å²) in [6.07, 6.45) is 5.12. The molecule has 0 saturated carbocycles. The van der Waals surface area contributed by atoms with Crippen molar-refractivity contribution in [3.63, 3.8) is 0 Å². The van der Waals surface area contributed by atoms with Crippen LogP contribution in [-0.4, -0.2) is 67.3 Å². The van der Waals surface area contributed by atoms with Crippen LogP contribution in [0.4, 0.5) is 5.69 Å². The number of H-pyrrole nitrogens is 1. The molecule has 2 N–H and O–H groups in total. The number of nitrogens with one attached hydrogen (secondary N) is 1. The fourth-order valence-electron chi connectivity index (χ4n) is 2.13. The van der Waals surface area contributed by atoms with Crippen LogP contribution in [0.15, 0.2) is 30.6 Å². The second-order valence-corrected chi connectivity index (χ2v) is 7.91. The van der Waals surface area contributed by atoms with E-state index < -0.39 is 10.9 Å². The van der Waals surface area contributed by atoms with Crippen molar-refractivity contribution < 1.29 is 29.1 Å². The van der Waals surface area contributed by atoms with Gasteiger partial charge in [0, 0.05) is 39.7 Å². The lowest BCUT2D eigenvalue weighted by Crippen LogP contribution is -1.99. The molecule has 3 aromatic rings. The molecule has 0 spiro atoms. The number of aromatic nitrogens is 1. The number of esters is 2. The standard InChI is InChI=1S/C10H12N2O4S.C8H7NO2S.CH4O/c1-11(2)5-4-8-7(12(14)15)6-9(17-8)10(13)16-3;1-11-8(10)7-4-5-6(12-7)2-3-9-5;1-2/h4-6H,1-3H3;2-4,9H,1H3;2H,1H3/b5-4+;;. The molecule has 0 atom stereocenters. The molecule has 0 amide bonds. The number of ether oxygens (including phenoxy) is 2. The number of carbonyl (C=O) groups is 2. The Morgan fingerprint density at radius 2 is 1.71 bits per heavy atom. The number of hydrogen-bond acceptors (Lipinski definition) is 10. The summed E-state index contributed by atoms with van der Waals surface area (Å²) < 4.78 is 10.2. The maximum absolute atomic E-state index is 11.3. The molecule has 0 radical (unpaired) electrons. The van der Waals surface area contributed by atoms with Crippen molar-refractivity contribution in [3.05, 3.63) is 55.3 Å². The van der Waals surface area contributed by atoms with E-state index in [9.17, 15) is 19.7 Å². The second kappa shape index (κ2) is 12.5. The largest absolute Gasteiger partial charge is 0.465 e. The van der Waals surface area contributed by atoms with Crippen LogP contribution in [0.3, 0.4) is 0 Å². The molecule has 0 bridgehead atoms. The van der Waals surface area contributed by atoms with E-state index in [1.54, 1.807) is 37.3 Å². The van der Waals surface area contributed by atoms with Gasteiger partial charge in [-0.05, 0) is 18.2 Å². The third-order valence-corrected chi connectivity index (χ3v) is 5.62. The third-order valence-electron chi connectivity index (χ3n) is 3.47. The fourth-order valence-corrected chi connectivity index (χ4v) is 4.01. The summed E-state index contributed by atoms with van der Waals surface area (Å²) in [7, 11) is 7.23. The number of aliphatic hydroxyl groups excluding tert-OH is 1. The Labute approximate surface area is 186 Å². The minimum atomic E-state index is -0.567. The first-order valence-corrected chi connectivity index (χ1v) is 10.2. The Morgan fingerprint density at radius 3 is 2.19 bits per heavy atom. The van der Waals surface area contributed by atoms with Gasteiger partial charge in [-0.3, -0.25) is 10.1 Å². The Bertz CT molecular complexity index is 1020. The SMILES string of the molecule is CO.COC(=O)c1cc([N+](=O)[O-])c(/C=C/N(C)C)s1.COC(=O)c1cc2[nH]ccc2s1. The highest BCUT2D eigenvalue weighted by molar-refractivity contribution is 7.20. The summed E-state index contributed by atoms with van der Waals surface area (Å²) in [5.41, 5.74) is 0.897. The maximum Gasteiger partial charge on any atom is 0.348 e. The molecule has 12 heteroatoms.